The van der Waals surface area contributed by atoms with Crippen molar-refractivity contribution in [1.82, 2.24) is 5.32 Å². The van der Waals surface area contributed by atoms with Crippen molar-refractivity contribution in [2.45, 2.75) is 37.6 Å². The number of nitrogens with one attached hydrogen (secondary N) is 1. The van der Waals surface area contributed by atoms with Crippen molar-refractivity contribution in [3.8, 4) is 5.75 Å². The van der Waals surface area contributed by atoms with Gasteiger partial charge in [0.1, 0.15) is 11.9 Å². The molecule has 1 heterocycles. The van der Waals surface area contributed by atoms with Crippen molar-refractivity contribution in [3.05, 3.63) is 42.5 Å². The average molecular weight is 341 g/mol. The van der Waals surface area contributed by atoms with E-state index in [1.165, 1.54) is 0 Å². The Bertz CT molecular complexity index is 754. The third kappa shape index (κ3) is 3.78. The van der Waals surface area contributed by atoms with Crippen molar-refractivity contribution >= 4 is 16.7 Å². The van der Waals surface area contributed by atoms with E-state index in [4.69, 9.17) is 14.2 Å². The van der Waals surface area contributed by atoms with E-state index in [0.717, 1.165) is 36.5 Å². The summed E-state index contributed by atoms with van der Waals surface area (Å²) in [6.07, 6.45) is 4.16. The molecule has 1 saturated heterocycles. The quantitative estimate of drug-likeness (QED) is 0.908. The van der Waals surface area contributed by atoms with Gasteiger partial charge in [-0.25, -0.2) is 0 Å². The Morgan fingerprint density at radius 3 is 2.80 bits per heavy atom. The maximum atomic E-state index is 12.0. The minimum Gasteiger partial charge on any atom is -0.484 e. The second-order valence-corrected chi connectivity index (χ2v) is 6.77. The average Bonchev–Trinajstić information content (AvgIpc) is 3.28. The fourth-order valence-electron chi connectivity index (χ4n) is 3.58. The van der Waals surface area contributed by atoms with Crippen molar-refractivity contribution in [2.75, 3.05) is 19.8 Å². The van der Waals surface area contributed by atoms with Crippen LogP contribution in [0.1, 0.15) is 25.7 Å². The van der Waals surface area contributed by atoms with Gasteiger partial charge in [0.2, 0.25) is 0 Å². The van der Waals surface area contributed by atoms with Gasteiger partial charge in [-0.15, -0.1) is 0 Å². The summed E-state index contributed by atoms with van der Waals surface area (Å²) in [5.74, 6) is 0.167. The molecule has 1 saturated carbocycles. The fourth-order valence-corrected chi connectivity index (χ4v) is 3.58. The van der Waals surface area contributed by atoms with Crippen LogP contribution in [0.2, 0.25) is 0 Å². The van der Waals surface area contributed by atoms with Crippen LogP contribution in [-0.2, 0) is 14.3 Å². The molecule has 0 bridgehead atoms. The van der Waals surface area contributed by atoms with Crippen LogP contribution in [0.4, 0.5) is 0 Å². The zero-order valence-electron chi connectivity index (χ0n) is 14.2. The smallest absolute Gasteiger partial charge is 0.258 e. The van der Waals surface area contributed by atoms with Gasteiger partial charge in [-0.1, -0.05) is 30.3 Å². The topological polar surface area (TPSA) is 56.8 Å². The minimum atomic E-state index is -0.378. The maximum absolute atomic E-state index is 12.0. The van der Waals surface area contributed by atoms with Crippen molar-refractivity contribution in [1.29, 1.82) is 0 Å². The molecular weight excluding hydrogens is 318 g/mol. The molecule has 1 unspecified atom stereocenters. The number of amides is 1. The number of hydrogen-bond donors (Lipinski definition) is 1. The predicted octanol–water partition coefficient (Wildman–Crippen LogP) is 3.02. The van der Waals surface area contributed by atoms with Crippen LogP contribution in [0.15, 0.2) is 42.5 Å². The monoisotopic (exact) mass is 341 g/mol. The normalized spacial score (nSPS) is 21.7. The Labute approximate surface area is 147 Å². The molecule has 5 heteroatoms. The van der Waals surface area contributed by atoms with E-state index >= 15 is 0 Å². The number of ether oxygens (including phenoxy) is 3. The lowest BCUT2D eigenvalue weighted by atomic mass is 10.1. The molecule has 25 heavy (non-hydrogen) atoms. The van der Waals surface area contributed by atoms with Crippen molar-refractivity contribution < 1.29 is 19.0 Å². The van der Waals surface area contributed by atoms with Crippen LogP contribution >= 0.6 is 0 Å². The summed E-state index contributed by atoms with van der Waals surface area (Å²) in [4.78, 5) is 12.0. The standard InChI is InChI=1S/C20H23NO4/c22-19(21-12-18-13-24-20(25-18)9-3-4-10-20)14-23-17-8-7-15-5-1-2-6-16(15)11-17/h1-2,5-8,11,18H,3-4,9-10,12-14H2,(H,21,22). The molecule has 2 aromatic carbocycles. The lowest BCUT2D eigenvalue weighted by Gasteiger charge is -2.21. The molecule has 1 aliphatic carbocycles. The molecule has 1 N–H and O–H groups in total. The van der Waals surface area contributed by atoms with Gasteiger partial charge in [-0.05, 0) is 35.7 Å². The largest absolute Gasteiger partial charge is 0.484 e. The molecule has 1 atom stereocenters. The minimum absolute atomic E-state index is 0.00292. The SMILES string of the molecule is O=C(COc1ccc2ccccc2c1)NCC1COC2(CCCC2)O1. The molecule has 2 aliphatic rings. The van der Waals surface area contributed by atoms with E-state index in [1.807, 2.05) is 42.5 Å². The molecule has 2 fully saturated rings. The Kier molecular flexibility index (Phi) is 4.59. The van der Waals surface area contributed by atoms with E-state index < -0.39 is 0 Å². The Morgan fingerprint density at radius 1 is 1.16 bits per heavy atom. The van der Waals surface area contributed by atoms with Crippen LogP contribution in [0.5, 0.6) is 5.75 Å². The molecule has 0 radical (unpaired) electrons. The lowest BCUT2D eigenvalue weighted by Crippen LogP contribution is -2.37. The van der Waals surface area contributed by atoms with Crippen LogP contribution in [0.3, 0.4) is 0 Å². The van der Waals surface area contributed by atoms with Gasteiger partial charge in [-0.3, -0.25) is 4.79 Å². The summed E-state index contributed by atoms with van der Waals surface area (Å²) in [5, 5.41) is 5.12. The number of benzene rings is 2. The number of fused-ring (bicyclic) bond motifs is 1. The van der Waals surface area contributed by atoms with Gasteiger partial charge in [0, 0.05) is 19.4 Å². The molecule has 2 aromatic rings. The Hall–Kier alpha value is -2.11. The van der Waals surface area contributed by atoms with Crippen LogP contribution in [0, 0.1) is 0 Å². The van der Waals surface area contributed by atoms with Crippen LogP contribution in [0.25, 0.3) is 10.8 Å². The summed E-state index contributed by atoms with van der Waals surface area (Å²) < 4.78 is 17.4. The summed E-state index contributed by atoms with van der Waals surface area (Å²) in [6.45, 7) is 1.00. The second-order valence-electron chi connectivity index (χ2n) is 6.77. The molecule has 4 rings (SSSR count). The van der Waals surface area contributed by atoms with Gasteiger partial charge in [0.15, 0.2) is 12.4 Å². The summed E-state index contributed by atoms with van der Waals surface area (Å²) in [7, 11) is 0. The van der Waals surface area contributed by atoms with E-state index in [1.54, 1.807) is 0 Å². The number of rotatable bonds is 5. The van der Waals surface area contributed by atoms with Gasteiger partial charge < -0.3 is 19.5 Å². The van der Waals surface area contributed by atoms with Crippen LogP contribution in [-0.4, -0.2) is 37.6 Å². The zero-order chi connectivity index (χ0) is 17.1. The van der Waals surface area contributed by atoms with E-state index in [9.17, 15) is 4.79 Å². The van der Waals surface area contributed by atoms with E-state index in [2.05, 4.69) is 5.32 Å². The van der Waals surface area contributed by atoms with Gasteiger partial charge >= 0.3 is 0 Å². The highest BCUT2D eigenvalue weighted by atomic mass is 16.7. The van der Waals surface area contributed by atoms with E-state index in [0.29, 0.717) is 18.9 Å². The van der Waals surface area contributed by atoms with Crippen LogP contribution < -0.4 is 10.1 Å². The molecule has 1 spiro atoms. The highest BCUT2D eigenvalue weighted by Gasteiger charge is 2.43. The molecule has 5 nitrogen and oxygen atoms in total. The highest BCUT2D eigenvalue weighted by Crippen LogP contribution is 2.38. The molecule has 1 amide bonds. The number of carbonyl (C=O) groups excluding carboxylic acids is 1. The third-order valence-electron chi connectivity index (χ3n) is 4.90. The first kappa shape index (κ1) is 16.4. The Balaban J connectivity index is 1.23. The van der Waals surface area contributed by atoms with Gasteiger partial charge in [0.05, 0.1) is 6.61 Å². The first-order valence-corrected chi connectivity index (χ1v) is 8.93. The molecule has 132 valence electrons. The highest BCUT2D eigenvalue weighted by molar-refractivity contribution is 5.84. The summed E-state index contributed by atoms with van der Waals surface area (Å²) in [6, 6.07) is 13.9. The lowest BCUT2D eigenvalue weighted by molar-refractivity contribution is -0.161. The van der Waals surface area contributed by atoms with E-state index in [-0.39, 0.29) is 24.4 Å². The first-order chi connectivity index (χ1) is 12.2. The van der Waals surface area contributed by atoms with Crippen molar-refractivity contribution in [2.24, 2.45) is 0 Å². The molecular formula is C20H23NO4. The van der Waals surface area contributed by atoms with Gasteiger partial charge in [0.25, 0.3) is 5.91 Å². The predicted molar refractivity (Wildman–Crippen MR) is 94.5 cm³/mol. The zero-order valence-corrected chi connectivity index (χ0v) is 14.2. The molecule has 0 aromatic heterocycles. The molecule has 1 aliphatic heterocycles. The number of hydrogen-bond acceptors (Lipinski definition) is 4. The summed E-state index contributed by atoms with van der Waals surface area (Å²) in [5.41, 5.74) is 0. The van der Waals surface area contributed by atoms with Crippen molar-refractivity contribution in [3.63, 3.8) is 0 Å². The Morgan fingerprint density at radius 2 is 1.96 bits per heavy atom. The van der Waals surface area contributed by atoms with Gasteiger partial charge in [-0.2, -0.15) is 0 Å². The number of carbonyl (C=O) groups is 1. The fraction of sp³-hybridized carbons (Fsp3) is 0.450. The summed E-state index contributed by atoms with van der Waals surface area (Å²) >= 11 is 0. The first-order valence-electron chi connectivity index (χ1n) is 8.93. The third-order valence-corrected chi connectivity index (χ3v) is 4.90. The second kappa shape index (κ2) is 7.02. The maximum Gasteiger partial charge on any atom is 0.258 e.